The molecule has 0 saturated carbocycles. The normalized spacial score (nSPS) is 13.9. The summed E-state index contributed by atoms with van der Waals surface area (Å²) in [7, 11) is 0. The molecule has 31 heavy (non-hydrogen) atoms. The Bertz CT molecular complexity index is 1380. The van der Waals surface area contributed by atoms with E-state index >= 15 is 0 Å². The molecule has 0 atom stereocenters. The number of benzene rings is 3. The lowest BCUT2D eigenvalue weighted by molar-refractivity contribution is -0.0431. The van der Waals surface area contributed by atoms with Gasteiger partial charge in [-0.2, -0.15) is 9.78 Å². The number of nitrogens with one attached hydrogen (secondary N) is 1. The predicted octanol–water partition coefficient (Wildman–Crippen LogP) is 4.15. The van der Waals surface area contributed by atoms with Crippen molar-refractivity contribution in [3.63, 3.8) is 0 Å². The Morgan fingerprint density at radius 3 is 2.35 bits per heavy atom. The zero-order chi connectivity index (χ0) is 21.6. The van der Waals surface area contributed by atoms with Crippen LogP contribution in [-0.4, -0.2) is 21.5 Å². The van der Waals surface area contributed by atoms with Crippen molar-refractivity contribution in [3.8, 4) is 17.2 Å². The van der Waals surface area contributed by atoms with Crippen LogP contribution in [0, 0.1) is 0 Å². The number of rotatable bonds is 3. The van der Waals surface area contributed by atoms with Crippen LogP contribution in [-0.2, 0) is 0 Å². The van der Waals surface area contributed by atoms with Crippen LogP contribution in [0.2, 0.25) is 0 Å². The van der Waals surface area contributed by atoms with Gasteiger partial charge >= 0.3 is 0 Å². The lowest BCUT2D eigenvalue weighted by Gasteiger charge is -2.16. The van der Waals surface area contributed by atoms with Crippen LogP contribution in [0.25, 0.3) is 16.5 Å². The molecule has 0 fully saturated rings. The number of ether oxygens (including phenoxy) is 2. The lowest BCUT2D eigenvalue weighted by Crippen LogP contribution is -2.29. The summed E-state index contributed by atoms with van der Waals surface area (Å²) in [5, 5.41) is 8.15. The number of carbonyl (C=O) groups excluding carboxylic acids is 1. The molecule has 0 aliphatic carbocycles. The first kappa shape index (κ1) is 18.9. The summed E-state index contributed by atoms with van der Waals surface area (Å²) in [6.45, 7) is 3.63. The van der Waals surface area contributed by atoms with Gasteiger partial charge < -0.3 is 14.8 Å². The highest BCUT2D eigenvalue weighted by atomic mass is 16.7. The summed E-state index contributed by atoms with van der Waals surface area (Å²) >= 11 is 0. The Morgan fingerprint density at radius 2 is 1.58 bits per heavy atom. The molecule has 7 heteroatoms. The van der Waals surface area contributed by atoms with E-state index in [-0.39, 0.29) is 11.3 Å². The number of para-hydroxylation sites is 1. The minimum Gasteiger partial charge on any atom is -0.449 e. The third kappa shape index (κ3) is 3.40. The molecule has 7 nitrogen and oxygen atoms in total. The van der Waals surface area contributed by atoms with Gasteiger partial charge in [0, 0.05) is 31.0 Å². The molecule has 154 valence electrons. The van der Waals surface area contributed by atoms with Gasteiger partial charge in [-0.1, -0.05) is 36.4 Å². The summed E-state index contributed by atoms with van der Waals surface area (Å²) in [6.07, 6.45) is 0. The molecular weight excluding hydrogens is 394 g/mol. The maximum atomic E-state index is 13.2. The molecule has 5 rings (SSSR count). The summed E-state index contributed by atoms with van der Waals surface area (Å²) in [5.41, 5.74) is 0.978. The van der Waals surface area contributed by atoms with Crippen molar-refractivity contribution < 1.29 is 14.3 Å². The van der Waals surface area contributed by atoms with Crippen molar-refractivity contribution in [3.05, 3.63) is 88.8 Å². The van der Waals surface area contributed by atoms with E-state index in [1.165, 1.54) is 4.68 Å². The summed E-state index contributed by atoms with van der Waals surface area (Å²) in [6, 6.07) is 21.1. The van der Waals surface area contributed by atoms with Crippen molar-refractivity contribution in [2.45, 2.75) is 19.6 Å². The van der Waals surface area contributed by atoms with Crippen LogP contribution in [0.1, 0.15) is 24.3 Å². The first-order chi connectivity index (χ1) is 14.9. The molecule has 4 aromatic rings. The fourth-order valence-electron chi connectivity index (χ4n) is 3.59. The number of nitrogens with zero attached hydrogens (tertiary/aromatic N) is 2. The number of anilines is 1. The Balaban J connectivity index is 1.57. The van der Waals surface area contributed by atoms with E-state index in [1.807, 2.05) is 32.0 Å². The van der Waals surface area contributed by atoms with Crippen molar-refractivity contribution in [2.75, 3.05) is 5.32 Å². The van der Waals surface area contributed by atoms with Crippen LogP contribution in [0.5, 0.6) is 11.5 Å². The maximum absolute atomic E-state index is 13.2. The zero-order valence-electron chi connectivity index (χ0n) is 17.0. The Labute approximate surface area is 177 Å². The maximum Gasteiger partial charge on any atom is 0.279 e. The first-order valence-corrected chi connectivity index (χ1v) is 9.82. The van der Waals surface area contributed by atoms with Crippen LogP contribution >= 0.6 is 0 Å². The molecule has 0 bridgehead atoms. The average Bonchev–Trinajstić information content (AvgIpc) is 3.08. The molecule has 0 unspecified atom stereocenters. The monoisotopic (exact) mass is 413 g/mol. The molecule has 0 spiro atoms. The fraction of sp³-hybridized carbons (Fsp3) is 0.125. The molecule has 0 saturated heterocycles. The van der Waals surface area contributed by atoms with Crippen LogP contribution in [0.15, 0.2) is 77.6 Å². The van der Waals surface area contributed by atoms with Gasteiger partial charge in [-0.3, -0.25) is 9.59 Å². The third-order valence-electron chi connectivity index (χ3n) is 4.93. The number of fused-ring (bicyclic) bond motifs is 2. The van der Waals surface area contributed by atoms with Crippen LogP contribution in [0.3, 0.4) is 0 Å². The molecule has 1 aromatic heterocycles. The number of amides is 1. The van der Waals surface area contributed by atoms with E-state index in [2.05, 4.69) is 10.4 Å². The second kappa shape index (κ2) is 6.98. The van der Waals surface area contributed by atoms with Gasteiger partial charge in [-0.25, -0.2) is 0 Å². The van der Waals surface area contributed by atoms with Gasteiger partial charge in [0.2, 0.25) is 5.79 Å². The molecule has 1 aliphatic heterocycles. The molecule has 0 radical (unpaired) electrons. The highest BCUT2D eigenvalue weighted by Crippen LogP contribution is 2.40. The SMILES string of the molecule is CC1(C)Oc2ccc(NC(=O)c3nn(-c4ccccc4)c(=O)c4ccccc34)cc2O1. The van der Waals surface area contributed by atoms with Gasteiger partial charge in [-0.05, 0) is 30.3 Å². The topological polar surface area (TPSA) is 82.5 Å². The van der Waals surface area contributed by atoms with Crippen LogP contribution in [0.4, 0.5) is 5.69 Å². The van der Waals surface area contributed by atoms with E-state index in [0.717, 1.165) is 0 Å². The number of carbonyl (C=O) groups is 1. The van der Waals surface area contributed by atoms with E-state index in [4.69, 9.17) is 9.47 Å². The summed E-state index contributed by atoms with van der Waals surface area (Å²) in [5.74, 6) is -0.0217. The molecular formula is C24H19N3O4. The second-order valence-electron chi connectivity index (χ2n) is 7.67. The standard InChI is InChI=1S/C24H19N3O4/c1-24(2)30-19-13-12-15(14-20(19)31-24)25-22(28)21-17-10-6-7-11-18(17)23(29)27(26-21)16-8-4-3-5-9-16/h3-14H,1-2H3,(H,25,28). The van der Waals surface area contributed by atoms with E-state index in [9.17, 15) is 9.59 Å². The van der Waals surface area contributed by atoms with Crippen molar-refractivity contribution >= 4 is 22.4 Å². The average molecular weight is 413 g/mol. The molecule has 3 aromatic carbocycles. The number of aromatic nitrogens is 2. The van der Waals surface area contributed by atoms with E-state index in [1.54, 1.807) is 54.6 Å². The van der Waals surface area contributed by atoms with Gasteiger partial charge in [0.05, 0.1) is 11.1 Å². The largest absolute Gasteiger partial charge is 0.449 e. The highest BCUT2D eigenvalue weighted by Gasteiger charge is 2.31. The first-order valence-electron chi connectivity index (χ1n) is 9.82. The van der Waals surface area contributed by atoms with Gasteiger partial charge in [0.15, 0.2) is 17.2 Å². The van der Waals surface area contributed by atoms with Crippen molar-refractivity contribution in [1.82, 2.24) is 9.78 Å². The summed E-state index contributed by atoms with van der Waals surface area (Å²) < 4.78 is 12.7. The third-order valence-corrected chi connectivity index (χ3v) is 4.93. The van der Waals surface area contributed by atoms with Gasteiger partial charge in [0.1, 0.15) is 0 Å². The van der Waals surface area contributed by atoms with Crippen LogP contribution < -0.4 is 20.3 Å². The minimum atomic E-state index is -0.756. The quantitative estimate of drug-likeness (QED) is 0.546. The van der Waals surface area contributed by atoms with Crippen molar-refractivity contribution in [1.29, 1.82) is 0 Å². The highest BCUT2D eigenvalue weighted by molar-refractivity contribution is 6.11. The van der Waals surface area contributed by atoms with Gasteiger partial charge in [-0.15, -0.1) is 0 Å². The molecule has 1 amide bonds. The summed E-state index contributed by atoms with van der Waals surface area (Å²) in [4.78, 5) is 26.2. The minimum absolute atomic E-state index is 0.150. The lowest BCUT2D eigenvalue weighted by atomic mass is 10.1. The Morgan fingerprint density at radius 1 is 0.903 bits per heavy atom. The molecule has 2 heterocycles. The Kier molecular flexibility index (Phi) is 4.25. The molecule has 1 aliphatic rings. The second-order valence-corrected chi connectivity index (χ2v) is 7.67. The number of hydrogen-bond donors (Lipinski definition) is 1. The van der Waals surface area contributed by atoms with E-state index in [0.29, 0.717) is 33.6 Å². The number of hydrogen-bond acceptors (Lipinski definition) is 5. The van der Waals surface area contributed by atoms with Crippen molar-refractivity contribution in [2.24, 2.45) is 0 Å². The van der Waals surface area contributed by atoms with Gasteiger partial charge in [0.25, 0.3) is 11.5 Å². The smallest absolute Gasteiger partial charge is 0.279 e. The van der Waals surface area contributed by atoms with E-state index < -0.39 is 11.7 Å². The zero-order valence-corrected chi connectivity index (χ0v) is 17.0. The predicted molar refractivity (Wildman–Crippen MR) is 117 cm³/mol. The molecule has 1 N–H and O–H groups in total. The Hall–Kier alpha value is -4.13. The fourth-order valence-corrected chi connectivity index (χ4v) is 3.59.